The fourth-order valence-corrected chi connectivity index (χ4v) is 1.43. The van der Waals surface area contributed by atoms with E-state index >= 15 is 0 Å². The molecular weight excluding hydrogens is 222 g/mol. The van der Waals surface area contributed by atoms with Gasteiger partial charge in [-0.05, 0) is 6.42 Å². The molecule has 1 aliphatic rings. The zero-order valence-electron chi connectivity index (χ0n) is 10.7. The second-order valence-corrected chi connectivity index (χ2v) is 4.66. The monoisotopic (exact) mass is 241 g/mol. The van der Waals surface area contributed by atoms with Gasteiger partial charge in [-0.25, -0.2) is 4.90 Å². The van der Waals surface area contributed by atoms with E-state index in [1.165, 1.54) is 0 Å². The molecule has 2 unspecified atom stereocenters. The molecule has 1 aliphatic heterocycles. The van der Waals surface area contributed by atoms with E-state index in [2.05, 4.69) is 0 Å². The van der Waals surface area contributed by atoms with Crippen LogP contribution >= 0.6 is 0 Å². The number of β-lactam (4-membered cyclic amide) rings is 1. The summed E-state index contributed by atoms with van der Waals surface area (Å²) in [6, 6.07) is 0. The number of nitrogens with zero attached hydrogens (tertiary/aromatic N) is 1. The van der Waals surface area contributed by atoms with Crippen LogP contribution in [0.3, 0.4) is 0 Å². The lowest BCUT2D eigenvalue weighted by Crippen LogP contribution is -2.58. The average Bonchev–Trinajstić information content (AvgIpc) is 2.26. The highest BCUT2D eigenvalue weighted by Gasteiger charge is 2.44. The Morgan fingerprint density at radius 2 is 2.00 bits per heavy atom. The van der Waals surface area contributed by atoms with Crippen molar-refractivity contribution in [2.45, 2.75) is 46.8 Å². The van der Waals surface area contributed by atoms with Crippen LogP contribution in [0.4, 0.5) is 0 Å². The van der Waals surface area contributed by atoms with Crippen LogP contribution < -0.4 is 0 Å². The lowest BCUT2D eigenvalue weighted by atomic mass is 10.0. The lowest BCUT2D eigenvalue weighted by molar-refractivity contribution is -0.191. The zero-order chi connectivity index (χ0) is 13.2. The predicted octanol–water partition coefficient (Wildman–Crippen LogP) is 1.32. The minimum absolute atomic E-state index is 0.112. The smallest absolute Gasteiger partial charge is 0.310 e. The van der Waals surface area contributed by atoms with Gasteiger partial charge in [0.25, 0.3) is 0 Å². The van der Waals surface area contributed by atoms with Gasteiger partial charge in [-0.1, -0.05) is 27.7 Å². The van der Waals surface area contributed by atoms with Gasteiger partial charge in [0.15, 0.2) is 6.23 Å². The van der Waals surface area contributed by atoms with E-state index in [9.17, 15) is 14.4 Å². The third-order valence-corrected chi connectivity index (χ3v) is 2.90. The highest BCUT2D eigenvalue weighted by atomic mass is 16.6. The summed E-state index contributed by atoms with van der Waals surface area (Å²) in [6.45, 7) is 7.06. The lowest BCUT2D eigenvalue weighted by Gasteiger charge is -2.39. The number of rotatable bonds is 4. The molecule has 0 bridgehead atoms. The summed E-state index contributed by atoms with van der Waals surface area (Å²) in [5.74, 6) is -1.39. The minimum Gasteiger partial charge on any atom is -0.440 e. The van der Waals surface area contributed by atoms with Crippen LogP contribution in [0.15, 0.2) is 0 Å². The van der Waals surface area contributed by atoms with E-state index in [-0.39, 0.29) is 36.0 Å². The Morgan fingerprint density at radius 3 is 2.41 bits per heavy atom. The SMILES string of the molecule is CCC(C)C(=O)N1C(=O)CC1OC(=O)C(C)C. The van der Waals surface area contributed by atoms with Crippen molar-refractivity contribution >= 4 is 17.8 Å². The minimum atomic E-state index is -0.695. The maximum atomic E-state index is 11.8. The summed E-state index contributed by atoms with van der Waals surface area (Å²) in [7, 11) is 0. The standard InChI is InChI=1S/C12H19NO4/c1-5-8(4)11(15)13-9(14)6-10(13)17-12(16)7(2)3/h7-8,10H,5-6H2,1-4H3. The first kappa shape index (κ1) is 13.7. The molecule has 1 fully saturated rings. The van der Waals surface area contributed by atoms with E-state index in [1.807, 2.05) is 6.92 Å². The number of amides is 2. The molecule has 17 heavy (non-hydrogen) atoms. The molecule has 1 heterocycles. The molecular formula is C12H19NO4. The molecule has 0 spiro atoms. The first-order valence-electron chi connectivity index (χ1n) is 5.94. The topological polar surface area (TPSA) is 63.7 Å². The number of likely N-dealkylation sites (tertiary alicyclic amines) is 1. The molecule has 96 valence electrons. The van der Waals surface area contributed by atoms with Gasteiger partial charge in [-0.15, -0.1) is 0 Å². The van der Waals surface area contributed by atoms with Crippen molar-refractivity contribution in [1.82, 2.24) is 4.90 Å². The molecule has 1 rings (SSSR count). The molecule has 5 heteroatoms. The highest BCUT2D eigenvalue weighted by Crippen LogP contribution is 2.24. The fraction of sp³-hybridized carbons (Fsp3) is 0.750. The molecule has 0 radical (unpaired) electrons. The molecule has 2 atom stereocenters. The zero-order valence-corrected chi connectivity index (χ0v) is 10.7. The predicted molar refractivity (Wildman–Crippen MR) is 60.6 cm³/mol. The normalized spacial score (nSPS) is 21.1. The van der Waals surface area contributed by atoms with Crippen LogP contribution in [0, 0.1) is 11.8 Å². The Kier molecular flexibility index (Phi) is 4.26. The maximum Gasteiger partial charge on any atom is 0.310 e. The molecule has 0 aromatic carbocycles. The van der Waals surface area contributed by atoms with Crippen LogP contribution in [0.25, 0.3) is 0 Å². The van der Waals surface area contributed by atoms with E-state index in [0.29, 0.717) is 6.42 Å². The van der Waals surface area contributed by atoms with Crippen molar-refractivity contribution in [1.29, 1.82) is 0 Å². The number of esters is 1. The Balaban J connectivity index is 2.62. The number of imide groups is 1. The van der Waals surface area contributed by atoms with E-state index in [1.54, 1.807) is 20.8 Å². The summed E-state index contributed by atoms with van der Waals surface area (Å²) in [4.78, 5) is 35.7. The number of hydrogen-bond donors (Lipinski definition) is 0. The number of carbonyl (C=O) groups excluding carboxylic acids is 3. The summed E-state index contributed by atoms with van der Waals surface area (Å²) < 4.78 is 5.09. The summed E-state index contributed by atoms with van der Waals surface area (Å²) >= 11 is 0. The molecule has 0 aromatic rings. The maximum absolute atomic E-state index is 11.8. The fourth-order valence-electron chi connectivity index (χ4n) is 1.43. The van der Waals surface area contributed by atoms with Gasteiger partial charge in [-0.3, -0.25) is 14.4 Å². The first-order valence-corrected chi connectivity index (χ1v) is 5.94. The molecule has 1 saturated heterocycles. The van der Waals surface area contributed by atoms with Crippen molar-refractivity contribution in [3.05, 3.63) is 0 Å². The van der Waals surface area contributed by atoms with Crippen LogP contribution in [0.5, 0.6) is 0 Å². The van der Waals surface area contributed by atoms with E-state index in [0.717, 1.165) is 4.90 Å². The Hall–Kier alpha value is -1.39. The quantitative estimate of drug-likeness (QED) is 0.550. The van der Waals surface area contributed by atoms with Crippen LogP contribution in [0.1, 0.15) is 40.5 Å². The van der Waals surface area contributed by atoms with Gasteiger partial charge in [0.2, 0.25) is 11.8 Å². The third kappa shape index (κ3) is 2.84. The summed E-state index contributed by atoms with van der Waals surface area (Å²) in [6.07, 6.45) is 0.0765. The Bertz CT molecular complexity index is 337. The Labute approximate surface area is 101 Å². The molecule has 5 nitrogen and oxygen atoms in total. The van der Waals surface area contributed by atoms with Crippen molar-refractivity contribution < 1.29 is 19.1 Å². The van der Waals surface area contributed by atoms with Gasteiger partial charge in [0.05, 0.1) is 12.3 Å². The van der Waals surface area contributed by atoms with Crippen LogP contribution in [0.2, 0.25) is 0 Å². The van der Waals surface area contributed by atoms with Crippen LogP contribution in [-0.2, 0) is 19.1 Å². The average molecular weight is 241 g/mol. The third-order valence-electron chi connectivity index (χ3n) is 2.90. The Morgan fingerprint density at radius 1 is 1.41 bits per heavy atom. The number of hydrogen-bond acceptors (Lipinski definition) is 4. The van der Waals surface area contributed by atoms with E-state index < -0.39 is 6.23 Å². The van der Waals surface area contributed by atoms with Crippen molar-refractivity contribution in [2.24, 2.45) is 11.8 Å². The van der Waals surface area contributed by atoms with E-state index in [4.69, 9.17) is 4.74 Å². The van der Waals surface area contributed by atoms with Crippen molar-refractivity contribution in [3.8, 4) is 0 Å². The van der Waals surface area contributed by atoms with Gasteiger partial charge >= 0.3 is 5.97 Å². The van der Waals surface area contributed by atoms with Crippen molar-refractivity contribution in [3.63, 3.8) is 0 Å². The highest BCUT2D eigenvalue weighted by molar-refractivity contribution is 6.01. The summed E-state index contributed by atoms with van der Waals surface area (Å²) in [5.41, 5.74) is 0. The molecule has 0 saturated carbocycles. The largest absolute Gasteiger partial charge is 0.440 e. The van der Waals surface area contributed by atoms with Crippen molar-refractivity contribution in [2.75, 3.05) is 0 Å². The molecule has 0 aliphatic carbocycles. The second-order valence-electron chi connectivity index (χ2n) is 4.66. The van der Waals surface area contributed by atoms with Crippen LogP contribution in [-0.4, -0.2) is 28.9 Å². The van der Waals surface area contributed by atoms with Gasteiger partial charge in [0.1, 0.15) is 0 Å². The van der Waals surface area contributed by atoms with Gasteiger partial charge in [0, 0.05) is 5.92 Å². The summed E-state index contributed by atoms with van der Waals surface area (Å²) in [5, 5.41) is 0. The molecule has 2 amide bonds. The second kappa shape index (κ2) is 5.29. The first-order chi connectivity index (χ1) is 7.88. The van der Waals surface area contributed by atoms with Gasteiger partial charge in [-0.2, -0.15) is 0 Å². The number of carbonyl (C=O) groups is 3. The van der Waals surface area contributed by atoms with Gasteiger partial charge < -0.3 is 4.74 Å². The molecule has 0 aromatic heterocycles. The number of ether oxygens (including phenoxy) is 1. The molecule has 0 N–H and O–H groups in total.